The molecule has 0 aliphatic rings. The lowest BCUT2D eigenvalue weighted by Gasteiger charge is -2.20. The number of furan rings is 1. The van der Waals surface area contributed by atoms with Crippen LogP contribution < -0.4 is 15.9 Å². The van der Waals surface area contributed by atoms with Crippen molar-refractivity contribution in [3.8, 4) is 5.69 Å². The molecule has 0 aliphatic heterocycles. The Labute approximate surface area is 208 Å². The summed E-state index contributed by atoms with van der Waals surface area (Å²) in [5.74, 6) is 0. The molecule has 2 aromatic heterocycles. The van der Waals surface area contributed by atoms with Crippen LogP contribution in [0, 0.1) is 0 Å². The molecule has 7 aromatic rings. The second-order valence-corrected chi connectivity index (χ2v) is 11.7. The summed E-state index contributed by atoms with van der Waals surface area (Å²) in [5.41, 5.74) is 4.13. The fourth-order valence-corrected chi connectivity index (χ4v) is 7.92. The third-order valence-corrected chi connectivity index (χ3v) is 10.0. The van der Waals surface area contributed by atoms with Gasteiger partial charge in [0.1, 0.15) is 5.58 Å². The molecule has 0 amide bonds. The van der Waals surface area contributed by atoms with Gasteiger partial charge in [0.2, 0.25) is 0 Å². The van der Waals surface area contributed by atoms with Crippen LogP contribution in [0.1, 0.15) is 0 Å². The fraction of sp³-hybridized carbons (Fsp3) is 0. The zero-order valence-corrected chi connectivity index (χ0v) is 20.3. The number of hydrogen-bond donors (Lipinski definition) is 0. The zero-order valence-electron chi connectivity index (χ0n) is 19.4. The second-order valence-electron chi connectivity index (χ2n) is 8.98. The second kappa shape index (κ2) is 8.12. The van der Waals surface area contributed by atoms with Gasteiger partial charge in [-0.05, 0) is 48.5 Å². The van der Waals surface area contributed by atoms with Crippen LogP contribution >= 0.6 is 7.14 Å². The van der Waals surface area contributed by atoms with Gasteiger partial charge in [0, 0.05) is 37.8 Å². The topological polar surface area (TPSA) is 35.1 Å². The van der Waals surface area contributed by atoms with E-state index in [-0.39, 0.29) is 0 Å². The highest BCUT2D eigenvalue weighted by Gasteiger charge is 2.30. The van der Waals surface area contributed by atoms with Gasteiger partial charge in [-0.1, -0.05) is 78.9 Å². The molecule has 0 radical (unpaired) electrons. The van der Waals surface area contributed by atoms with Crippen molar-refractivity contribution >= 4 is 55.8 Å². The summed E-state index contributed by atoms with van der Waals surface area (Å²) < 4.78 is 22.8. The molecule has 0 aliphatic carbocycles. The molecule has 5 aromatic carbocycles. The number of aromatic nitrogens is 1. The molecule has 0 fully saturated rings. The van der Waals surface area contributed by atoms with Crippen LogP contribution in [-0.2, 0) is 4.57 Å². The van der Waals surface area contributed by atoms with Crippen molar-refractivity contribution in [2.45, 2.75) is 0 Å². The smallest absolute Gasteiger partial charge is 0.171 e. The fourth-order valence-electron chi connectivity index (χ4n) is 5.25. The van der Waals surface area contributed by atoms with E-state index >= 15 is 0 Å². The Bertz CT molecular complexity index is 1870. The molecule has 7 rings (SSSR count). The Morgan fingerprint density at radius 3 is 1.97 bits per heavy atom. The molecule has 0 spiro atoms. The summed E-state index contributed by atoms with van der Waals surface area (Å²) in [6.45, 7) is 0. The molecule has 0 bridgehead atoms. The maximum absolute atomic E-state index is 15.0. The van der Waals surface area contributed by atoms with Crippen LogP contribution in [-0.4, -0.2) is 4.57 Å². The molecule has 0 N–H and O–H groups in total. The van der Waals surface area contributed by atoms with E-state index < -0.39 is 7.14 Å². The SMILES string of the molecule is O=P(c1ccccc1)(c1ccccc1)c1ccc2c(c1)c1ccccc1n2-c1ccc2occc2c1. The lowest BCUT2D eigenvalue weighted by atomic mass is 10.1. The van der Waals surface area contributed by atoms with Crippen LogP contribution in [0.3, 0.4) is 0 Å². The third kappa shape index (κ3) is 3.10. The standard InChI is InChI=1S/C32H22NO2P/c34-36(25-9-3-1-4-10-25,26-11-5-2-6-12-26)27-16-17-31-29(22-27)28-13-7-8-14-30(28)33(31)24-15-18-32-23(21-24)19-20-35-32/h1-22H. The number of benzene rings is 5. The van der Waals surface area contributed by atoms with Gasteiger partial charge in [0.25, 0.3) is 0 Å². The Morgan fingerprint density at radius 1 is 0.556 bits per heavy atom. The summed E-state index contributed by atoms with van der Waals surface area (Å²) >= 11 is 0. The minimum atomic E-state index is -3.07. The van der Waals surface area contributed by atoms with Gasteiger partial charge in [0.15, 0.2) is 7.14 Å². The summed E-state index contributed by atoms with van der Waals surface area (Å²) in [4.78, 5) is 0. The van der Waals surface area contributed by atoms with Gasteiger partial charge in [-0.25, -0.2) is 0 Å². The molecule has 3 nitrogen and oxygen atoms in total. The van der Waals surface area contributed by atoms with E-state index in [2.05, 4.69) is 53.1 Å². The first kappa shape index (κ1) is 21.0. The van der Waals surface area contributed by atoms with Gasteiger partial charge < -0.3 is 13.5 Å². The normalized spacial score (nSPS) is 12.0. The highest BCUT2D eigenvalue weighted by Crippen LogP contribution is 2.44. The van der Waals surface area contributed by atoms with E-state index in [9.17, 15) is 4.57 Å². The summed E-state index contributed by atoms with van der Waals surface area (Å²) in [6, 6.07) is 42.6. The number of fused-ring (bicyclic) bond motifs is 4. The first-order valence-corrected chi connectivity index (χ1v) is 13.7. The number of para-hydroxylation sites is 1. The van der Waals surface area contributed by atoms with Gasteiger partial charge in [0.05, 0.1) is 17.3 Å². The third-order valence-electron chi connectivity index (χ3n) is 6.95. The van der Waals surface area contributed by atoms with E-state index in [0.29, 0.717) is 0 Å². The Balaban J connectivity index is 1.52. The molecule has 2 heterocycles. The van der Waals surface area contributed by atoms with Crippen molar-refractivity contribution in [3.63, 3.8) is 0 Å². The van der Waals surface area contributed by atoms with E-state index in [4.69, 9.17) is 4.42 Å². The van der Waals surface area contributed by atoms with E-state index in [1.165, 1.54) is 0 Å². The van der Waals surface area contributed by atoms with Crippen LogP contribution in [0.2, 0.25) is 0 Å². The molecule has 0 unspecified atom stereocenters. The predicted molar refractivity (Wildman–Crippen MR) is 150 cm³/mol. The van der Waals surface area contributed by atoms with Crippen molar-refractivity contribution in [2.75, 3.05) is 0 Å². The minimum Gasteiger partial charge on any atom is -0.464 e. The summed E-state index contributed by atoms with van der Waals surface area (Å²) in [5, 5.41) is 5.79. The lowest BCUT2D eigenvalue weighted by molar-refractivity contribution is 0.592. The maximum atomic E-state index is 15.0. The average molecular weight is 484 g/mol. The summed E-state index contributed by atoms with van der Waals surface area (Å²) in [6.07, 6.45) is 1.72. The molecule has 36 heavy (non-hydrogen) atoms. The highest BCUT2D eigenvalue weighted by atomic mass is 31.2. The monoisotopic (exact) mass is 483 g/mol. The van der Waals surface area contributed by atoms with Gasteiger partial charge >= 0.3 is 0 Å². The number of hydrogen-bond acceptors (Lipinski definition) is 2. The molecular weight excluding hydrogens is 461 g/mol. The quantitative estimate of drug-likeness (QED) is 0.249. The first-order chi connectivity index (χ1) is 17.7. The predicted octanol–water partition coefficient (Wildman–Crippen LogP) is 7.17. The lowest BCUT2D eigenvalue weighted by Crippen LogP contribution is -2.24. The number of rotatable bonds is 4. The van der Waals surface area contributed by atoms with Crippen LogP contribution in [0.25, 0.3) is 38.5 Å². The molecular formula is C32H22NO2P. The van der Waals surface area contributed by atoms with Gasteiger partial charge in [-0.15, -0.1) is 0 Å². The molecule has 172 valence electrons. The van der Waals surface area contributed by atoms with Crippen LogP contribution in [0.4, 0.5) is 0 Å². The van der Waals surface area contributed by atoms with Crippen molar-refractivity contribution in [1.82, 2.24) is 4.57 Å². The van der Waals surface area contributed by atoms with Crippen molar-refractivity contribution < 1.29 is 8.98 Å². The van der Waals surface area contributed by atoms with Crippen molar-refractivity contribution in [2.24, 2.45) is 0 Å². The molecule has 0 atom stereocenters. The Kier molecular flexibility index (Phi) is 4.73. The average Bonchev–Trinajstić information content (AvgIpc) is 3.55. The minimum absolute atomic E-state index is 0.834. The Hall–Kier alpha value is -4.33. The summed E-state index contributed by atoms with van der Waals surface area (Å²) in [7, 11) is -3.07. The molecule has 0 saturated carbocycles. The van der Waals surface area contributed by atoms with E-state index in [1.54, 1.807) is 6.26 Å². The molecule has 0 saturated heterocycles. The Morgan fingerprint density at radius 2 is 1.22 bits per heavy atom. The highest BCUT2D eigenvalue weighted by molar-refractivity contribution is 7.85. The first-order valence-electron chi connectivity index (χ1n) is 12.0. The van der Waals surface area contributed by atoms with Crippen LogP contribution in [0.5, 0.6) is 0 Å². The van der Waals surface area contributed by atoms with Crippen molar-refractivity contribution in [1.29, 1.82) is 0 Å². The maximum Gasteiger partial charge on any atom is 0.171 e. The van der Waals surface area contributed by atoms with E-state index in [1.807, 2.05) is 78.9 Å². The van der Waals surface area contributed by atoms with Crippen LogP contribution in [0.15, 0.2) is 138 Å². The molecule has 4 heteroatoms. The zero-order chi connectivity index (χ0) is 24.1. The number of nitrogens with zero attached hydrogens (tertiary/aromatic N) is 1. The van der Waals surface area contributed by atoms with Gasteiger partial charge in [-0.3, -0.25) is 0 Å². The van der Waals surface area contributed by atoms with Gasteiger partial charge in [-0.2, -0.15) is 0 Å². The van der Waals surface area contributed by atoms with E-state index in [0.717, 1.165) is 54.4 Å². The largest absolute Gasteiger partial charge is 0.464 e. The van der Waals surface area contributed by atoms with Crippen molar-refractivity contribution in [3.05, 3.63) is 134 Å².